The van der Waals surface area contributed by atoms with Crippen LogP contribution in [-0.2, 0) is 4.79 Å². The van der Waals surface area contributed by atoms with Crippen molar-refractivity contribution in [3.05, 3.63) is 59.7 Å². The largest absolute Gasteiger partial charge is 0.484 e. The molecule has 1 atom stereocenters. The first kappa shape index (κ1) is 19.2. The van der Waals surface area contributed by atoms with Gasteiger partial charge in [-0.3, -0.25) is 9.59 Å². The molecule has 0 spiro atoms. The molecule has 0 aliphatic rings. The molecule has 0 saturated carbocycles. The summed E-state index contributed by atoms with van der Waals surface area (Å²) in [6.07, 6.45) is 0. The lowest BCUT2D eigenvalue weighted by molar-refractivity contribution is -0.123. The van der Waals surface area contributed by atoms with Crippen LogP contribution in [0.5, 0.6) is 11.5 Å². The van der Waals surface area contributed by atoms with E-state index in [1.165, 1.54) is 18.2 Å². The van der Waals surface area contributed by atoms with E-state index in [0.29, 0.717) is 5.75 Å². The van der Waals surface area contributed by atoms with Crippen LogP contribution >= 0.6 is 0 Å². The number of hydrogen-bond acceptors (Lipinski definition) is 4. The average molecular weight is 364 g/mol. The van der Waals surface area contributed by atoms with Crippen molar-refractivity contribution in [2.45, 2.75) is 19.6 Å². The van der Waals surface area contributed by atoms with Crippen molar-refractivity contribution >= 4 is 11.8 Å². The molecule has 0 aliphatic carbocycles. The predicted molar refractivity (Wildman–Crippen MR) is 90.1 cm³/mol. The maximum absolute atomic E-state index is 12.1. The van der Waals surface area contributed by atoms with E-state index < -0.39 is 12.5 Å². The number of primary amides is 1. The van der Waals surface area contributed by atoms with Gasteiger partial charge in [0, 0.05) is 5.56 Å². The molecule has 0 aliphatic heterocycles. The third kappa shape index (κ3) is 5.73. The molecule has 0 unspecified atom stereocenters. The highest BCUT2D eigenvalue weighted by Gasteiger charge is 2.12. The van der Waals surface area contributed by atoms with Crippen LogP contribution in [0.2, 0.25) is 0 Å². The SMILES string of the molecule is C[C@@H](NC(=O)COc1cccc(C(N)=O)c1)c1ccc(OC(F)F)cc1. The zero-order chi connectivity index (χ0) is 19.1. The van der Waals surface area contributed by atoms with Crippen LogP contribution in [0.1, 0.15) is 28.9 Å². The minimum Gasteiger partial charge on any atom is -0.484 e. The van der Waals surface area contributed by atoms with Crippen LogP contribution in [0.15, 0.2) is 48.5 Å². The standard InChI is InChI=1S/C18H18F2N2O4/c1-11(12-5-7-14(8-6-12)26-18(19)20)22-16(23)10-25-15-4-2-3-13(9-15)17(21)24/h2-9,11,18H,10H2,1H3,(H2,21,24)(H,22,23)/t11-/m1/s1. The van der Waals surface area contributed by atoms with Gasteiger partial charge in [-0.05, 0) is 42.8 Å². The second kappa shape index (κ2) is 8.80. The van der Waals surface area contributed by atoms with Gasteiger partial charge in [-0.1, -0.05) is 18.2 Å². The third-order valence-electron chi connectivity index (χ3n) is 3.47. The summed E-state index contributed by atoms with van der Waals surface area (Å²) in [5.74, 6) is -0.583. The maximum Gasteiger partial charge on any atom is 0.387 e. The van der Waals surface area contributed by atoms with Crippen LogP contribution in [-0.4, -0.2) is 25.0 Å². The summed E-state index contributed by atoms with van der Waals surface area (Å²) >= 11 is 0. The van der Waals surface area contributed by atoms with E-state index in [-0.39, 0.29) is 29.9 Å². The van der Waals surface area contributed by atoms with Gasteiger partial charge in [0.2, 0.25) is 5.91 Å². The van der Waals surface area contributed by atoms with E-state index in [0.717, 1.165) is 5.56 Å². The van der Waals surface area contributed by atoms with Crippen LogP contribution < -0.4 is 20.5 Å². The number of nitrogens with one attached hydrogen (secondary N) is 1. The first-order valence-corrected chi connectivity index (χ1v) is 7.72. The molecule has 0 bridgehead atoms. The van der Waals surface area contributed by atoms with E-state index >= 15 is 0 Å². The molecule has 2 aromatic carbocycles. The van der Waals surface area contributed by atoms with Crippen LogP contribution in [0.3, 0.4) is 0 Å². The lowest BCUT2D eigenvalue weighted by atomic mass is 10.1. The Morgan fingerprint density at radius 1 is 1.12 bits per heavy atom. The number of amides is 2. The van der Waals surface area contributed by atoms with Crippen molar-refractivity contribution in [2.24, 2.45) is 5.73 Å². The van der Waals surface area contributed by atoms with Crippen molar-refractivity contribution in [1.29, 1.82) is 0 Å². The summed E-state index contributed by atoms with van der Waals surface area (Å²) in [4.78, 5) is 23.1. The molecule has 0 saturated heterocycles. The smallest absolute Gasteiger partial charge is 0.387 e. The van der Waals surface area contributed by atoms with Crippen LogP contribution in [0.25, 0.3) is 0 Å². The summed E-state index contributed by atoms with van der Waals surface area (Å²) in [6, 6.07) is 11.8. The van der Waals surface area contributed by atoms with E-state index in [9.17, 15) is 18.4 Å². The fourth-order valence-corrected chi connectivity index (χ4v) is 2.19. The highest BCUT2D eigenvalue weighted by Crippen LogP contribution is 2.19. The summed E-state index contributed by atoms with van der Waals surface area (Å²) in [5.41, 5.74) is 6.18. The Bertz CT molecular complexity index is 766. The van der Waals surface area contributed by atoms with E-state index in [2.05, 4.69) is 10.1 Å². The molecule has 138 valence electrons. The molecule has 8 heteroatoms. The number of carbonyl (C=O) groups excluding carboxylic acids is 2. The summed E-state index contributed by atoms with van der Waals surface area (Å²) < 4.78 is 33.9. The first-order chi connectivity index (χ1) is 12.3. The number of nitrogens with two attached hydrogens (primary N) is 1. The number of hydrogen-bond donors (Lipinski definition) is 2. The van der Waals surface area contributed by atoms with Gasteiger partial charge >= 0.3 is 6.61 Å². The minimum atomic E-state index is -2.89. The number of carbonyl (C=O) groups is 2. The van der Waals surface area contributed by atoms with Gasteiger partial charge in [0.25, 0.3) is 5.91 Å². The van der Waals surface area contributed by atoms with E-state index in [4.69, 9.17) is 10.5 Å². The lowest BCUT2D eigenvalue weighted by Crippen LogP contribution is -2.31. The zero-order valence-corrected chi connectivity index (χ0v) is 13.9. The van der Waals surface area contributed by atoms with Crippen molar-refractivity contribution in [1.82, 2.24) is 5.32 Å². The van der Waals surface area contributed by atoms with Crippen LogP contribution in [0.4, 0.5) is 8.78 Å². The number of benzene rings is 2. The van der Waals surface area contributed by atoms with Gasteiger partial charge in [0.1, 0.15) is 11.5 Å². The summed E-state index contributed by atoms with van der Waals surface area (Å²) in [7, 11) is 0. The van der Waals surface area contributed by atoms with Gasteiger partial charge in [0.05, 0.1) is 6.04 Å². The number of rotatable bonds is 8. The summed E-state index contributed by atoms with van der Waals surface area (Å²) in [5, 5.41) is 2.72. The van der Waals surface area contributed by atoms with Crippen molar-refractivity contribution in [2.75, 3.05) is 6.61 Å². The molecule has 2 amide bonds. The third-order valence-corrected chi connectivity index (χ3v) is 3.47. The van der Waals surface area contributed by atoms with E-state index in [1.54, 1.807) is 37.3 Å². The Hall–Kier alpha value is -3.16. The number of ether oxygens (including phenoxy) is 2. The van der Waals surface area contributed by atoms with Gasteiger partial charge < -0.3 is 20.5 Å². The minimum absolute atomic E-state index is 0.0416. The monoisotopic (exact) mass is 364 g/mol. The molecule has 0 fully saturated rings. The van der Waals surface area contributed by atoms with E-state index in [1.807, 2.05) is 0 Å². The zero-order valence-electron chi connectivity index (χ0n) is 13.9. The summed E-state index contributed by atoms with van der Waals surface area (Å²) in [6.45, 7) is -1.39. The van der Waals surface area contributed by atoms with Crippen LogP contribution in [0, 0.1) is 0 Å². The Labute approximate surface area is 148 Å². The predicted octanol–water partition coefficient (Wildman–Crippen LogP) is 2.64. The topological polar surface area (TPSA) is 90.6 Å². The molecule has 6 nitrogen and oxygen atoms in total. The molecule has 0 radical (unpaired) electrons. The van der Waals surface area contributed by atoms with Crippen molar-refractivity contribution < 1.29 is 27.8 Å². The Balaban J connectivity index is 1.87. The fraction of sp³-hybridized carbons (Fsp3) is 0.222. The fourth-order valence-electron chi connectivity index (χ4n) is 2.19. The molecule has 3 N–H and O–H groups in total. The average Bonchev–Trinajstić information content (AvgIpc) is 2.60. The van der Waals surface area contributed by atoms with Gasteiger partial charge in [0.15, 0.2) is 6.61 Å². The Morgan fingerprint density at radius 2 is 1.81 bits per heavy atom. The first-order valence-electron chi connectivity index (χ1n) is 7.72. The van der Waals surface area contributed by atoms with Crippen molar-refractivity contribution in [3.63, 3.8) is 0 Å². The quantitative estimate of drug-likeness (QED) is 0.753. The molecular formula is C18H18F2N2O4. The van der Waals surface area contributed by atoms with Gasteiger partial charge in [-0.2, -0.15) is 8.78 Å². The molecule has 26 heavy (non-hydrogen) atoms. The van der Waals surface area contributed by atoms with Crippen molar-refractivity contribution in [3.8, 4) is 11.5 Å². The Kier molecular flexibility index (Phi) is 6.48. The highest BCUT2D eigenvalue weighted by molar-refractivity contribution is 5.93. The molecule has 0 aromatic heterocycles. The Morgan fingerprint density at radius 3 is 2.42 bits per heavy atom. The normalized spacial score (nSPS) is 11.7. The second-order valence-corrected chi connectivity index (χ2v) is 5.42. The molecular weight excluding hydrogens is 346 g/mol. The molecule has 2 rings (SSSR count). The van der Waals surface area contributed by atoms with Gasteiger partial charge in [-0.15, -0.1) is 0 Å². The molecule has 0 heterocycles. The van der Waals surface area contributed by atoms with Gasteiger partial charge in [-0.25, -0.2) is 0 Å². The number of alkyl halides is 2. The number of halogens is 2. The molecule has 2 aromatic rings. The maximum atomic E-state index is 12.1. The highest BCUT2D eigenvalue weighted by atomic mass is 19.3. The lowest BCUT2D eigenvalue weighted by Gasteiger charge is -2.15. The second-order valence-electron chi connectivity index (χ2n) is 5.42.